The number of aryl methyl sites for hydroxylation is 4. The molecule has 9 rings (SSSR count). The molecule has 0 unspecified atom stereocenters. The van der Waals surface area contributed by atoms with Gasteiger partial charge in [-0.1, -0.05) is 134 Å². The Hall–Kier alpha value is -3.78. The second kappa shape index (κ2) is 21.5. The molecule has 1 aliphatic rings. The van der Waals surface area contributed by atoms with Gasteiger partial charge in [-0.25, -0.2) is 0 Å². The van der Waals surface area contributed by atoms with Crippen LogP contribution in [0.4, 0.5) is 0 Å². The molecule has 0 saturated heterocycles. The molecule has 0 aromatic heterocycles. The zero-order valence-corrected chi connectivity index (χ0v) is 39.7. The third-order valence-corrected chi connectivity index (χ3v) is 12.8. The summed E-state index contributed by atoms with van der Waals surface area (Å²) >= 11 is -0.826. The van der Waals surface area contributed by atoms with Gasteiger partial charge < -0.3 is 0 Å². The van der Waals surface area contributed by atoms with E-state index in [4.69, 9.17) is 17.0 Å². The third-order valence-electron chi connectivity index (χ3n) is 11.4. The zero-order valence-electron chi connectivity index (χ0n) is 34.8. The maximum atomic E-state index is 4.93. The monoisotopic (exact) mass is 889 g/mol. The molecule has 0 amide bonds. The van der Waals surface area contributed by atoms with Crippen molar-refractivity contribution in [2.45, 2.75) is 80.1 Å². The van der Waals surface area contributed by atoms with Crippen LogP contribution in [0.1, 0.15) is 72.9 Å². The van der Waals surface area contributed by atoms with E-state index in [-0.39, 0.29) is 0 Å². The minimum absolute atomic E-state index is 0.795. The van der Waals surface area contributed by atoms with E-state index in [0.717, 1.165) is 9.52 Å². The molecule has 0 nitrogen and oxygen atoms in total. The first-order valence-corrected chi connectivity index (χ1v) is 27.9. The molecule has 0 spiro atoms. The van der Waals surface area contributed by atoms with Crippen LogP contribution in [0.25, 0.3) is 54.9 Å². The minimum Gasteiger partial charge on any atom is -0.184 e. The van der Waals surface area contributed by atoms with Crippen LogP contribution in [-0.4, -0.2) is 9.52 Å². The fourth-order valence-corrected chi connectivity index (χ4v) is 9.24. The quantitative estimate of drug-likeness (QED) is 0.105. The van der Waals surface area contributed by atoms with Gasteiger partial charge in [0.25, 0.3) is 0 Å². The van der Waals surface area contributed by atoms with Crippen molar-refractivity contribution in [3.63, 3.8) is 0 Å². The molecule has 0 saturated carbocycles. The normalized spacial score (nSPS) is 11.1. The van der Waals surface area contributed by atoms with Gasteiger partial charge in [-0.3, -0.25) is 0 Å². The molecule has 0 bridgehead atoms. The standard InChI is InChI=1S/2C21H23.C12H7Si.2ClH.Zr/c2*1-4-5-9-17-13-18-10-7-12-20(21(18)14-17)19-11-6-8-15(2)16(19)3;1-3-7-11-9(5-1)10-6-2-4-8-12(10)13-11;;;/h2*6-8,10-14H,4-5,9H2,1-3H3;1-7H;2*1H;/q3*-1;;;+2/p-2. The van der Waals surface area contributed by atoms with E-state index < -0.39 is 20.8 Å². The van der Waals surface area contributed by atoms with Crippen LogP contribution >= 0.6 is 17.0 Å². The summed E-state index contributed by atoms with van der Waals surface area (Å²) in [6, 6.07) is 54.2. The van der Waals surface area contributed by atoms with E-state index in [1.807, 2.05) is 6.07 Å². The Kier molecular flexibility index (Phi) is 16.2. The average Bonchev–Trinajstić information content (AvgIpc) is 3.97. The van der Waals surface area contributed by atoms with Gasteiger partial charge in [0.15, 0.2) is 0 Å². The maximum absolute atomic E-state index is 4.93. The molecule has 1 aliphatic heterocycles. The third kappa shape index (κ3) is 10.5. The van der Waals surface area contributed by atoms with Gasteiger partial charge >= 0.3 is 37.9 Å². The van der Waals surface area contributed by atoms with Gasteiger partial charge in [-0.05, 0) is 73.9 Å². The molecule has 8 aromatic carbocycles. The van der Waals surface area contributed by atoms with E-state index in [2.05, 4.69) is 181 Å². The Bertz CT molecular complexity index is 2400. The second-order valence-corrected chi connectivity index (χ2v) is 20.3. The first-order chi connectivity index (χ1) is 28.3. The Morgan fingerprint density at radius 2 is 0.983 bits per heavy atom. The van der Waals surface area contributed by atoms with Gasteiger partial charge in [0.1, 0.15) is 0 Å². The summed E-state index contributed by atoms with van der Waals surface area (Å²) in [4.78, 5) is 0. The van der Waals surface area contributed by atoms with E-state index in [1.165, 1.54) is 137 Å². The number of fused-ring (bicyclic) bond motifs is 5. The van der Waals surface area contributed by atoms with Crippen molar-refractivity contribution in [1.82, 2.24) is 0 Å². The van der Waals surface area contributed by atoms with Crippen molar-refractivity contribution >= 4 is 58.5 Å². The largest absolute Gasteiger partial charge is 0.184 e. The van der Waals surface area contributed by atoms with Crippen LogP contribution in [0.5, 0.6) is 0 Å². The number of hydrogen-bond acceptors (Lipinski definition) is 0. The smallest absolute Gasteiger partial charge is 0.0920 e. The Morgan fingerprint density at radius 3 is 1.50 bits per heavy atom. The molecule has 58 heavy (non-hydrogen) atoms. The van der Waals surface area contributed by atoms with E-state index in [0.29, 0.717) is 0 Å². The predicted molar refractivity (Wildman–Crippen MR) is 254 cm³/mol. The van der Waals surface area contributed by atoms with Crippen molar-refractivity contribution in [2.24, 2.45) is 0 Å². The number of hydrogen-bond donors (Lipinski definition) is 0. The number of benzene rings is 6. The fourth-order valence-electron chi connectivity index (χ4n) is 7.93. The summed E-state index contributed by atoms with van der Waals surface area (Å²) in [5, 5.41) is 8.37. The van der Waals surface area contributed by atoms with Crippen LogP contribution in [0.3, 0.4) is 0 Å². The van der Waals surface area contributed by atoms with Gasteiger partial charge in [0, 0.05) is 0 Å². The molecule has 0 fully saturated rings. The van der Waals surface area contributed by atoms with E-state index >= 15 is 0 Å². The first-order valence-electron chi connectivity index (χ1n) is 20.6. The molecule has 1 heterocycles. The van der Waals surface area contributed by atoms with Crippen molar-refractivity contribution in [3.8, 4) is 33.4 Å². The molecule has 2 radical (unpaired) electrons. The molecule has 8 aromatic rings. The second-order valence-electron chi connectivity index (χ2n) is 15.2. The Morgan fingerprint density at radius 1 is 0.534 bits per heavy atom. The molecule has 0 atom stereocenters. The summed E-state index contributed by atoms with van der Waals surface area (Å²) in [5.41, 5.74) is 16.7. The summed E-state index contributed by atoms with van der Waals surface area (Å²) in [5.74, 6) is 0. The van der Waals surface area contributed by atoms with Crippen LogP contribution in [0, 0.1) is 33.8 Å². The molecule has 0 aliphatic carbocycles. The number of halogens is 2. The Labute approximate surface area is 368 Å². The summed E-state index contributed by atoms with van der Waals surface area (Å²) in [7, 11) is 10.7. The van der Waals surface area contributed by atoms with Crippen molar-refractivity contribution in [1.29, 1.82) is 0 Å². The zero-order chi connectivity index (χ0) is 41.0. The summed E-state index contributed by atoms with van der Waals surface area (Å²) in [6.45, 7) is 13.3. The van der Waals surface area contributed by atoms with Crippen LogP contribution in [0.2, 0.25) is 0 Å². The maximum Gasteiger partial charge on any atom is 0.0920 e. The molecule has 0 N–H and O–H groups in total. The number of unbranched alkanes of at least 4 members (excludes halogenated alkanes) is 2. The van der Waals surface area contributed by atoms with Crippen molar-refractivity contribution in [2.75, 3.05) is 0 Å². The molecular weight excluding hydrogens is 839 g/mol. The summed E-state index contributed by atoms with van der Waals surface area (Å²) < 4.78 is 0. The summed E-state index contributed by atoms with van der Waals surface area (Å²) in [6.07, 6.45) is 7.44. The first kappa shape index (κ1) is 43.8. The van der Waals surface area contributed by atoms with Crippen LogP contribution in [0.15, 0.2) is 140 Å². The van der Waals surface area contributed by atoms with Crippen LogP contribution < -0.4 is 10.4 Å². The van der Waals surface area contributed by atoms with Crippen LogP contribution in [-0.2, 0) is 33.7 Å². The molecule has 294 valence electrons. The van der Waals surface area contributed by atoms with Gasteiger partial charge in [0.2, 0.25) is 0 Å². The van der Waals surface area contributed by atoms with Gasteiger partial charge in [0.05, 0.1) is 9.52 Å². The minimum atomic E-state index is -0.826. The SMILES string of the molecule is CCCCc1cc2c(-c3cccc(C)c3C)cccc2[cH-]1.CCCCc1cc2c(-c3cccc(C)c3C)cccc2[cH-]1.[Cl][Zr][Cl].[c-]1cccc2c1[Si]c1ccccc1-2. The molecule has 4 heteroatoms. The fraction of sp³-hybridized carbons (Fsp3) is 0.222. The predicted octanol–water partition coefficient (Wildman–Crippen LogP) is 14.9. The van der Waals surface area contributed by atoms with Gasteiger partial charge in [-0.2, -0.15) is 41.6 Å². The van der Waals surface area contributed by atoms with E-state index in [1.54, 1.807) is 0 Å². The van der Waals surface area contributed by atoms with E-state index in [9.17, 15) is 0 Å². The van der Waals surface area contributed by atoms with Crippen molar-refractivity contribution < 1.29 is 20.8 Å². The number of rotatable bonds is 8. The average molecular weight is 892 g/mol. The Balaban J connectivity index is 0.000000145. The topological polar surface area (TPSA) is 0 Å². The molecular formula is C54H53Cl2SiZr-3. The van der Waals surface area contributed by atoms with Gasteiger partial charge in [-0.15, -0.1) is 74.6 Å². The van der Waals surface area contributed by atoms with Crippen molar-refractivity contribution in [3.05, 3.63) is 179 Å².